The molecule has 0 atom stereocenters. The molecule has 0 radical (unpaired) electrons. The van der Waals surface area contributed by atoms with Gasteiger partial charge < -0.3 is 18.4 Å². The Morgan fingerprint density at radius 2 is 1.22 bits per heavy atom. The Hall–Kier alpha value is -4.80. The van der Waals surface area contributed by atoms with Gasteiger partial charge in [0.25, 0.3) is 0 Å². The van der Waals surface area contributed by atoms with Gasteiger partial charge >= 0.3 is 21.1 Å². The van der Waals surface area contributed by atoms with Crippen molar-refractivity contribution in [3.8, 4) is 34.0 Å². The molecule has 0 unspecified atom stereocenters. The van der Waals surface area contributed by atoms with Gasteiger partial charge in [0, 0.05) is 16.9 Å². The predicted molar refractivity (Wildman–Crippen MR) is 230 cm³/mol. The van der Waals surface area contributed by atoms with Gasteiger partial charge in [-0.05, 0) is 71.7 Å². The van der Waals surface area contributed by atoms with Gasteiger partial charge in [-0.1, -0.05) is 137 Å². The maximum Gasteiger partial charge on any atom is 4.00 e. The smallest absolute Gasteiger partial charge is 0.511 e. The van der Waals surface area contributed by atoms with Crippen molar-refractivity contribution in [1.82, 2.24) is 14.2 Å². The summed E-state index contributed by atoms with van der Waals surface area (Å²) in [6.07, 6.45) is 8.57. The summed E-state index contributed by atoms with van der Waals surface area (Å²) in [5.74, 6) is 1.18. The summed E-state index contributed by atoms with van der Waals surface area (Å²) < 4.78 is 14.4. The minimum atomic E-state index is -0.667. The van der Waals surface area contributed by atoms with Crippen LogP contribution in [-0.4, -0.2) is 14.2 Å². The zero-order chi connectivity index (χ0) is 41.5. The van der Waals surface area contributed by atoms with Gasteiger partial charge in [0.05, 0.1) is 25.1 Å². The van der Waals surface area contributed by atoms with Gasteiger partial charge in [-0.2, -0.15) is 24.3 Å². The van der Waals surface area contributed by atoms with E-state index in [4.69, 9.17) is 4.74 Å². The molecule has 1 aliphatic heterocycles. The molecule has 1 aliphatic carbocycles. The maximum atomic E-state index is 6.65. The molecule has 7 aromatic rings. The molecule has 0 amide bonds. The summed E-state index contributed by atoms with van der Waals surface area (Å²) in [7, 11) is 3.99. The molecule has 0 saturated heterocycles. The largest absolute Gasteiger partial charge is 4.00 e. The molecule has 0 saturated carbocycles. The summed E-state index contributed by atoms with van der Waals surface area (Å²) in [5, 5.41) is 4.42. The molecule has 3 heterocycles. The average Bonchev–Trinajstić information content (AvgIpc) is 3.81. The third-order valence-corrected chi connectivity index (χ3v) is 12.2. The second-order valence-electron chi connectivity index (χ2n) is 20.7. The number of para-hydroxylation sites is 1. The molecule has 9 rings (SSSR count). The van der Waals surface area contributed by atoms with E-state index in [0.717, 1.165) is 22.4 Å². The van der Waals surface area contributed by atoms with E-state index in [1.807, 2.05) is 25.2 Å². The first-order chi connectivity index (χ1) is 27.1. The molecular weight excluding hydrogens is 906 g/mol. The van der Waals surface area contributed by atoms with Gasteiger partial charge in [0.15, 0.2) is 0 Å². The quantitative estimate of drug-likeness (QED) is 0.131. The van der Waals surface area contributed by atoms with Crippen molar-refractivity contribution in [2.75, 3.05) is 0 Å². The van der Waals surface area contributed by atoms with Crippen molar-refractivity contribution >= 4 is 11.0 Å². The van der Waals surface area contributed by atoms with Gasteiger partial charge in [0.2, 0.25) is 12.7 Å². The molecule has 6 nitrogen and oxygen atoms in total. The second kappa shape index (κ2) is 13.4. The van der Waals surface area contributed by atoms with Crippen LogP contribution in [0.5, 0.6) is 11.5 Å². The first-order valence-electron chi connectivity index (χ1n) is 20.5. The van der Waals surface area contributed by atoms with Crippen molar-refractivity contribution in [1.29, 1.82) is 0 Å². The zero-order valence-corrected chi connectivity index (χ0v) is 39.2. The summed E-state index contributed by atoms with van der Waals surface area (Å²) in [4.78, 5) is 0. The first-order valence-corrected chi connectivity index (χ1v) is 20.5. The molecule has 0 bridgehead atoms. The van der Waals surface area contributed by atoms with Crippen molar-refractivity contribution in [2.45, 2.75) is 110 Å². The average molecular weight is 961 g/mol. The van der Waals surface area contributed by atoms with Crippen LogP contribution in [-0.2, 0) is 62.2 Å². The minimum Gasteiger partial charge on any atom is -0.511 e. The van der Waals surface area contributed by atoms with E-state index in [0.29, 0.717) is 11.5 Å². The van der Waals surface area contributed by atoms with Crippen molar-refractivity contribution in [3.63, 3.8) is 0 Å². The van der Waals surface area contributed by atoms with Crippen LogP contribution in [0.3, 0.4) is 0 Å². The Bertz CT molecular complexity index is 2750. The summed E-state index contributed by atoms with van der Waals surface area (Å²) in [6, 6.07) is 34.4. The molecule has 5 aromatic carbocycles. The van der Waals surface area contributed by atoms with Crippen LogP contribution in [0.1, 0.15) is 128 Å². The first kappa shape index (κ1) is 41.0. The van der Waals surface area contributed by atoms with Crippen LogP contribution in [0.4, 0.5) is 0 Å². The zero-order valence-electron chi connectivity index (χ0n) is 37.0. The molecule has 7 heteroatoms. The SMILES string of the molecule is Cn1[c-][n+](-c2[c-]c(Oc3[c-]c4c(cc3)C3(c5c(cc(C(C)(C)C)cc5C(C)(C)C)-c5cc(C(C)(C)C)cc(C(C)(C)C)c53)c3cccc5c3n-4[c-][n+]5C)ccc2)nc1.[Pt+4]. The van der Waals surface area contributed by atoms with Crippen LogP contribution >= 0.6 is 0 Å². The Labute approximate surface area is 365 Å². The molecular formula is C52H55N5OPt+2. The summed E-state index contributed by atoms with van der Waals surface area (Å²) in [5.41, 5.74) is 16.1. The molecule has 59 heavy (non-hydrogen) atoms. The monoisotopic (exact) mass is 960 g/mol. The van der Waals surface area contributed by atoms with Gasteiger partial charge in [-0.3, -0.25) is 0 Å². The van der Waals surface area contributed by atoms with Gasteiger partial charge in [-0.25, -0.2) is 4.68 Å². The number of nitrogens with zero attached hydrogens (tertiary/aromatic N) is 5. The van der Waals surface area contributed by atoms with Crippen molar-refractivity contribution < 1.29 is 35.1 Å². The molecule has 0 N–H and O–H groups in total. The number of benzene rings is 5. The maximum absolute atomic E-state index is 6.65. The van der Waals surface area contributed by atoms with Gasteiger partial charge in [-0.15, -0.1) is 28.9 Å². The van der Waals surface area contributed by atoms with E-state index >= 15 is 0 Å². The summed E-state index contributed by atoms with van der Waals surface area (Å²) in [6.45, 7) is 28.3. The molecule has 0 fully saturated rings. The fourth-order valence-corrected chi connectivity index (χ4v) is 9.32. The summed E-state index contributed by atoms with van der Waals surface area (Å²) >= 11 is 0. The normalized spacial score (nSPS) is 14.3. The van der Waals surface area contributed by atoms with Crippen LogP contribution in [0.25, 0.3) is 33.5 Å². The third kappa shape index (κ3) is 6.26. The number of hydrogen-bond acceptors (Lipinski definition) is 2. The van der Waals surface area contributed by atoms with Crippen LogP contribution in [0, 0.1) is 24.8 Å². The van der Waals surface area contributed by atoms with E-state index in [9.17, 15) is 0 Å². The Morgan fingerprint density at radius 3 is 1.76 bits per heavy atom. The molecule has 302 valence electrons. The fraction of sp³-hybridized carbons (Fsp3) is 0.365. The van der Waals surface area contributed by atoms with E-state index < -0.39 is 5.41 Å². The van der Waals surface area contributed by atoms with Crippen molar-refractivity contribution in [2.24, 2.45) is 14.1 Å². The van der Waals surface area contributed by atoms with Gasteiger partial charge in [0.1, 0.15) is 6.33 Å². The van der Waals surface area contributed by atoms with Crippen LogP contribution < -0.4 is 14.0 Å². The Kier molecular flexibility index (Phi) is 9.27. The Morgan fingerprint density at radius 1 is 0.644 bits per heavy atom. The van der Waals surface area contributed by atoms with E-state index in [-0.39, 0.29) is 42.7 Å². The number of ether oxygens (including phenoxy) is 1. The number of fused-ring (bicyclic) bond motifs is 9. The van der Waals surface area contributed by atoms with E-state index in [1.165, 1.54) is 55.6 Å². The van der Waals surface area contributed by atoms with Crippen LogP contribution in [0.2, 0.25) is 0 Å². The number of imidazole rings is 1. The number of rotatable bonds is 3. The third-order valence-electron chi connectivity index (χ3n) is 12.2. The molecule has 2 aliphatic rings. The van der Waals surface area contributed by atoms with E-state index in [2.05, 4.69) is 184 Å². The molecule has 2 aromatic heterocycles. The molecule has 1 spiro atoms. The standard InChI is InChI=1S/C52H55N5O.Pt/c1-48(2,3)32-23-37-38-24-33(49(4,5)6)26-42(51(10,11)12)46(38)52(45(37)41(25-32)50(7,8)9)39-22-21-36(58-35-18-15-17-34(27-35)57-30-54(13)29-53-57)28-44(39)56-31-55(14)43-20-16-19-40(52)47(43)56;/h15-26,29H,1-14H3;/q-2;+4. The number of aromatic nitrogens is 5. The Balaban J connectivity index is 0.00000484. The predicted octanol–water partition coefficient (Wildman–Crippen LogP) is 10.3. The minimum absolute atomic E-state index is 0. The van der Waals surface area contributed by atoms with Crippen molar-refractivity contribution in [3.05, 3.63) is 148 Å². The van der Waals surface area contributed by atoms with E-state index in [1.54, 1.807) is 15.6 Å². The number of aryl methyl sites for hydroxylation is 2. The fourth-order valence-electron chi connectivity index (χ4n) is 9.32. The number of hydrogen-bond donors (Lipinski definition) is 0. The second-order valence-corrected chi connectivity index (χ2v) is 20.7. The topological polar surface area (TPSA) is 39.7 Å². The van der Waals surface area contributed by atoms with Crippen LogP contribution in [0.15, 0.2) is 79.1 Å².